The summed E-state index contributed by atoms with van der Waals surface area (Å²) in [7, 11) is 0. The van der Waals surface area contributed by atoms with Crippen LogP contribution in [0, 0.1) is 0 Å². The Labute approximate surface area is 104 Å². The molecule has 2 aromatic heterocycles. The van der Waals surface area contributed by atoms with Gasteiger partial charge in [-0.15, -0.1) is 11.3 Å². The maximum atomic E-state index is 5.58. The van der Waals surface area contributed by atoms with Gasteiger partial charge in [0.1, 0.15) is 0 Å². The van der Waals surface area contributed by atoms with Crippen LogP contribution in [0.3, 0.4) is 0 Å². The van der Waals surface area contributed by atoms with E-state index in [0.29, 0.717) is 11.1 Å². The third kappa shape index (κ3) is 3.13. The molecule has 0 bridgehead atoms. The van der Waals surface area contributed by atoms with E-state index in [1.165, 1.54) is 11.3 Å². The molecule has 0 spiro atoms. The van der Waals surface area contributed by atoms with Crippen molar-refractivity contribution < 1.29 is 0 Å². The summed E-state index contributed by atoms with van der Waals surface area (Å²) in [6, 6.07) is 0. The Balaban J connectivity index is 2.02. The molecule has 90 valence electrons. The van der Waals surface area contributed by atoms with Crippen LogP contribution in [0.5, 0.6) is 0 Å². The smallest absolute Gasteiger partial charge is 0.222 e. The summed E-state index contributed by atoms with van der Waals surface area (Å²) in [5, 5.41) is 5.63. The fraction of sp³-hybridized carbons (Fsp3) is 0.364. The number of hydrogen-bond donors (Lipinski definition) is 2. The first-order chi connectivity index (χ1) is 8.29. The number of hydrogen-bond acceptors (Lipinski definition) is 6. The number of nitrogen functional groups attached to an aromatic ring is 1. The summed E-state index contributed by atoms with van der Waals surface area (Å²) in [5.41, 5.74) is 7.30. The molecule has 0 unspecified atom stereocenters. The van der Waals surface area contributed by atoms with Crippen molar-refractivity contribution in [3.05, 3.63) is 17.8 Å². The second-order valence-electron chi connectivity index (χ2n) is 3.65. The van der Waals surface area contributed by atoms with Gasteiger partial charge in [0.2, 0.25) is 5.95 Å². The standard InChI is InChI=1S/C11H15N5S/c1-2-3-4-13-11-14-5-8(6-15-11)9-7-17-10(12)16-9/h5-7H,2-4H2,1H3,(H2,12,16)(H,13,14,15). The van der Waals surface area contributed by atoms with Crippen LogP contribution < -0.4 is 11.1 Å². The number of rotatable bonds is 5. The molecule has 0 atom stereocenters. The summed E-state index contributed by atoms with van der Waals surface area (Å²) >= 11 is 1.42. The molecule has 0 saturated carbocycles. The lowest BCUT2D eigenvalue weighted by molar-refractivity contribution is 0.826. The highest BCUT2D eigenvalue weighted by Gasteiger charge is 2.03. The van der Waals surface area contributed by atoms with Crippen molar-refractivity contribution in [2.45, 2.75) is 19.8 Å². The molecule has 0 aliphatic carbocycles. The van der Waals surface area contributed by atoms with Crippen molar-refractivity contribution in [1.29, 1.82) is 0 Å². The van der Waals surface area contributed by atoms with E-state index in [0.717, 1.165) is 30.6 Å². The largest absolute Gasteiger partial charge is 0.375 e. The molecule has 0 aliphatic heterocycles. The third-order valence-corrected chi connectivity index (χ3v) is 2.96. The van der Waals surface area contributed by atoms with Gasteiger partial charge in [0.05, 0.1) is 5.69 Å². The predicted octanol–water partition coefficient (Wildman–Crippen LogP) is 2.39. The monoisotopic (exact) mass is 249 g/mol. The first kappa shape index (κ1) is 11.8. The second-order valence-corrected chi connectivity index (χ2v) is 4.54. The van der Waals surface area contributed by atoms with Crippen LogP contribution in [0.2, 0.25) is 0 Å². The number of nitrogens with zero attached hydrogens (tertiary/aromatic N) is 3. The molecule has 2 rings (SSSR count). The highest BCUT2D eigenvalue weighted by Crippen LogP contribution is 2.21. The lowest BCUT2D eigenvalue weighted by Gasteiger charge is -2.03. The van der Waals surface area contributed by atoms with E-state index in [9.17, 15) is 0 Å². The van der Waals surface area contributed by atoms with E-state index in [4.69, 9.17) is 5.73 Å². The fourth-order valence-electron chi connectivity index (χ4n) is 1.35. The molecule has 0 radical (unpaired) electrons. The molecule has 6 heteroatoms. The molecule has 0 aliphatic rings. The Kier molecular flexibility index (Phi) is 3.87. The molecular formula is C11H15N5S. The summed E-state index contributed by atoms with van der Waals surface area (Å²) < 4.78 is 0. The Morgan fingerprint density at radius 3 is 2.71 bits per heavy atom. The lowest BCUT2D eigenvalue weighted by atomic mass is 10.3. The van der Waals surface area contributed by atoms with Crippen molar-refractivity contribution in [3.63, 3.8) is 0 Å². The SMILES string of the molecule is CCCCNc1ncc(-c2csc(N)n2)cn1. The minimum Gasteiger partial charge on any atom is -0.375 e. The van der Waals surface area contributed by atoms with Crippen molar-refractivity contribution in [1.82, 2.24) is 15.0 Å². The van der Waals surface area contributed by atoms with E-state index >= 15 is 0 Å². The number of unbranched alkanes of at least 4 members (excludes halogenated alkanes) is 1. The van der Waals surface area contributed by atoms with Gasteiger partial charge in [-0.3, -0.25) is 0 Å². The zero-order valence-electron chi connectivity index (χ0n) is 9.68. The molecule has 5 nitrogen and oxygen atoms in total. The molecule has 2 aromatic rings. The van der Waals surface area contributed by atoms with Gasteiger partial charge in [-0.1, -0.05) is 13.3 Å². The predicted molar refractivity (Wildman–Crippen MR) is 71.0 cm³/mol. The quantitative estimate of drug-likeness (QED) is 0.796. The minimum atomic E-state index is 0.560. The Morgan fingerprint density at radius 2 is 2.12 bits per heavy atom. The van der Waals surface area contributed by atoms with Crippen LogP contribution in [-0.4, -0.2) is 21.5 Å². The number of nitrogens with two attached hydrogens (primary N) is 1. The van der Waals surface area contributed by atoms with Crippen molar-refractivity contribution in [3.8, 4) is 11.3 Å². The number of anilines is 2. The maximum Gasteiger partial charge on any atom is 0.222 e. The molecule has 2 heterocycles. The molecule has 17 heavy (non-hydrogen) atoms. The van der Waals surface area contributed by atoms with Gasteiger partial charge < -0.3 is 11.1 Å². The Hall–Kier alpha value is -1.69. The van der Waals surface area contributed by atoms with E-state index in [1.54, 1.807) is 12.4 Å². The highest BCUT2D eigenvalue weighted by atomic mass is 32.1. The average molecular weight is 249 g/mol. The van der Waals surface area contributed by atoms with Gasteiger partial charge in [0, 0.05) is 29.9 Å². The van der Waals surface area contributed by atoms with Crippen LogP contribution in [0.15, 0.2) is 17.8 Å². The van der Waals surface area contributed by atoms with E-state index in [2.05, 4.69) is 27.2 Å². The normalized spacial score (nSPS) is 10.4. The Bertz CT molecular complexity index is 465. The van der Waals surface area contributed by atoms with Crippen LogP contribution >= 0.6 is 11.3 Å². The van der Waals surface area contributed by atoms with Gasteiger partial charge >= 0.3 is 0 Å². The number of thiazole rings is 1. The number of aromatic nitrogens is 3. The first-order valence-corrected chi connectivity index (χ1v) is 6.45. The molecule has 0 aromatic carbocycles. The van der Waals surface area contributed by atoms with Gasteiger partial charge in [-0.25, -0.2) is 15.0 Å². The zero-order valence-corrected chi connectivity index (χ0v) is 10.5. The average Bonchev–Trinajstić information content (AvgIpc) is 2.77. The molecule has 3 N–H and O–H groups in total. The fourth-order valence-corrected chi connectivity index (χ4v) is 1.92. The summed E-state index contributed by atoms with van der Waals surface area (Å²) in [6.45, 7) is 3.05. The summed E-state index contributed by atoms with van der Waals surface area (Å²) in [5.74, 6) is 0.658. The minimum absolute atomic E-state index is 0.560. The van der Waals surface area contributed by atoms with E-state index in [1.807, 2.05) is 5.38 Å². The number of nitrogens with one attached hydrogen (secondary N) is 1. The zero-order chi connectivity index (χ0) is 12.1. The van der Waals surface area contributed by atoms with E-state index < -0.39 is 0 Å². The van der Waals surface area contributed by atoms with Crippen LogP contribution in [0.25, 0.3) is 11.3 Å². The third-order valence-electron chi connectivity index (χ3n) is 2.28. The van der Waals surface area contributed by atoms with Crippen molar-refractivity contribution >= 4 is 22.4 Å². The van der Waals surface area contributed by atoms with Gasteiger partial charge in [-0.05, 0) is 6.42 Å². The van der Waals surface area contributed by atoms with Gasteiger partial charge in [0.25, 0.3) is 0 Å². The van der Waals surface area contributed by atoms with Gasteiger partial charge in [0.15, 0.2) is 5.13 Å². The van der Waals surface area contributed by atoms with Crippen molar-refractivity contribution in [2.24, 2.45) is 0 Å². The van der Waals surface area contributed by atoms with Crippen molar-refractivity contribution in [2.75, 3.05) is 17.6 Å². The molecule has 0 amide bonds. The van der Waals surface area contributed by atoms with E-state index in [-0.39, 0.29) is 0 Å². The maximum absolute atomic E-state index is 5.58. The lowest BCUT2D eigenvalue weighted by Crippen LogP contribution is -2.04. The molecule has 0 fully saturated rings. The molecule has 0 saturated heterocycles. The second kappa shape index (κ2) is 5.58. The Morgan fingerprint density at radius 1 is 1.35 bits per heavy atom. The van der Waals surface area contributed by atoms with Crippen LogP contribution in [0.4, 0.5) is 11.1 Å². The van der Waals surface area contributed by atoms with Crippen LogP contribution in [-0.2, 0) is 0 Å². The van der Waals surface area contributed by atoms with Gasteiger partial charge in [-0.2, -0.15) is 0 Å². The topological polar surface area (TPSA) is 76.7 Å². The summed E-state index contributed by atoms with van der Waals surface area (Å²) in [6.07, 6.45) is 5.79. The first-order valence-electron chi connectivity index (χ1n) is 5.57. The van der Waals surface area contributed by atoms with Crippen LogP contribution in [0.1, 0.15) is 19.8 Å². The highest BCUT2D eigenvalue weighted by molar-refractivity contribution is 7.13. The summed E-state index contributed by atoms with van der Waals surface area (Å²) in [4.78, 5) is 12.7. The molecular weight excluding hydrogens is 234 g/mol.